The summed E-state index contributed by atoms with van der Waals surface area (Å²) in [5, 5.41) is 0. The van der Waals surface area contributed by atoms with Crippen molar-refractivity contribution in [3.05, 3.63) is 64.8 Å². The van der Waals surface area contributed by atoms with Gasteiger partial charge in [0.1, 0.15) is 18.1 Å². The zero-order valence-corrected chi connectivity index (χ0v) is 13.9. The smallest absolute Gasteiger partial charge is 0.250 e. The van der Waals surface area contributed by atoms with Crippen LogP contribution in [-0.2, 0) is 11.3 Å². The fourth-order valence-corrected chi connectivity index (χ4v) is 3.01. The Morgan fingerprint density at radius 2 is 2.00 bits per heavy atom. The van der Waals surface area contributed by atoms with Gasteiger partial charge < -0.3 is 14.2 Å². The number of rotatable bonds is 5. The van der Waals surface area contributed by atoms with E-state index < -0.39 is 0 Å². The first-order chi connectivity index (χ1) is 12.1. The lowest BCUT2D eigenvalue weighted by Gasteiger charge is -2.32. The number of carbonyl (C=O) groups is 1. The molecule has 1 aromatic heterocycles. The van der Waals surface area contributed by atoms with Crippen LogP contribution in [0.4, 0.5) is 4.39 Å². The second-order valence-corrected chi connectivity index (χ2v) is 6.28. The number of hydrogen-bond acceptors (Lipinski definition) is 3. The van der Waals surface area contributed by atoms with E-state index in [-0.39, 0.29) is 29.7 Å². The molecule has 0 unspecified atom stereocenters. The molecular weight excluding hydrogens is 323 g/mol. The molecule has 1 saturated heterocycles. The number of piperidine rings is 1. The molecule has 0 radical (unpaired) electrons. The van der Waals surface area contributed by atoms with Crippen molar-refractivity contribution in [2.45, 2.75) is 19.4 Å². The van der Waals surface area contributed by atoms with E-state index >= 15 is 0 Å². The van der Waals surface area contributed by atoms with Crippen molar-refractivity contribution < 1.29 is 13.9 Å². The molecule has 1 aliphatic rings. The number of halogens is 1. The molecule has 0 N–H and O–H groups in total. The van der Waals surface area contributed by atoms with Gasteiger partial charge >= 0.3 is 0 Å². The van der Waals surface area contributed by atoms with Gasteiger partial charge in [0.05, 0.1) is 6.61 Å². The van der Waals surface area contributed by atoms with Gasteiger partial charge in [0.2, 0.25) is 5.91 Å². The van der Waals surface area contributed by atoms with Crippen LogP contribution in [0.15, 0.2) is 53.5 Å². The molecule has 1 atom stereocenters. The van der Waals surface area contributed by atoms with Crippen LogP contribution in [0.3, 0.4) is 0 Å². The lowest BCUT2D eigenvalue weighted by molar-refractivity contribution is -0.133. The number of benzene rings is 1. The number of pyridine rings is 1. The molecular formula is C19H21FN2O3. The number of amides is 1. The van der Waals surface area contributed by atoms with Crippen LogP contribution < -0.4 is 10.3 Å². The van der Waals surface area contributed by atoms with Crippen LogP contribution in [0.1, 0.15) is 12.8 Å². The number of likely N-dealkylation sites (tertiary alicyclic amines) is 1. The summed E-state index contributed by atoms with van der Waals surface area (Å²) < 4.78 is 20.0. The third-order valence-corrected chi connectivity index (χ3v) is 4.38. The lowest BCUT2D eigenvalue weighted by Crippen LogP contribution is -2.43. The summed E-state index contributed by atoms with van der Waals surface area (Å²) >= 11 is 0. The lowest BCUT2D eigenvalue weighted by atomic mass is 9.99. The SMILES string of the molecule is O=C(Cn1ccccc1=O)N1CCC[C@H](COc2ccc(F)cc2)C1. The van der Waals surface area contributed by atoms with Crippen molar-refractivity contribution in [3.8, 4) is 5.75 Å². The minimum absolute atomic E-state index is 0.0558. The number of aromatic nitrogens is 1. The maximum absolute atomic E-state index is 12.9. The summed E-state index contributed by atoms with van der Waals surface area (Å²) in [5.41, 5.74) is -0.177. The first-order valence-electron chi connectivity index (χ1n) is 8.43. The van der Waals surface area contributed by atoms with Crippen LogP contribution in [-0.4, -0.2) is 35.1 Å². The standard InChI is InChI=1S/C19H21FN2O3/c20-16-6-8-17(9-7-16)25-14-15-4-3-11-21(12-15)19(24)13-22-10-2-1-5-18(22)23/h1-2,5-10,15H,3-4,11-14H2/t15-/m0/s1. The predicted octanol–water partition coefficient (Wildman–Crippen LogP) is 2.31. The molecule has 6 heteroatoms. The van der Waals surface area contributed by atoms with E-state index in [0.717, 1.165) is 12.8 Å². The van der Waals surface area contributed by atoms with Gasteiger partial charge in [0, 0.05) is 31.3 Å². The molecule has 1 fully saturated rings. The molecule has 0 aliphatic carbocycles. The fraction of sp³-hybridized carbons (Fsp3) is 0.368. The van der Waals surface area contributed by atoms with Gasteiger partial charge in [0.25, 0.3) is 5.56 Å². The second kappa shape index (κ2) is 7.96. The number of carbonyl (C=O) groups excluding carboxylic acids is 1. The van der Waals surface area contributed by atoms with Crippen molar-refractivity contribution in [2.75, 3.05) is 19.7 Å². The van der Waals surface area contributed by atoms with Gasteiger partial charge in [-0.05, 0) is 43.2 Å². The molecule has 1 amide bonds. The maximum Gasteiger partial charge on any atom is 0.250 e. The van der Waals surface area contributed by atoms with Gasteiger partial charge in [-0.1, -0.05) is 6.07 Å². The molecule has 0 saturated carbocycles. The third kappa shape index (κ3) is 4.68. The van der Waals surface area contributed by atoms with E-state index in [2.05, 4.69) is 0 Å². The first kappa shape index (κ1) is 17.2. The Morgan fingerprint density at radius 3 is 2.76 bits per heavy atom. The summed E-state index contributed by atoms with van der Waals surface area (Å²) in [5.74, 6) is 0.508. The summed E-state index contributed by atoms with van der Waals surface area (Å²) in [6, 6.07) is 10.8. The Bertz CT molecular complexity index is 773. The molecule has 5 nitrogen and oxygen atoms in total. The molecule has 0 bridgehead atoms. The van der Waals surface area contributed by atoms with Crippen molar-refractivity contribution in [1.29, 1.82) is 0 Å². The van der Waals surface area contributed by atoms with Gasteiger partial charge in [-0.3, -0.25) is 9.59 Å². The Labute approximate surface area is 145 Å². The highest BCUT2D eigenvalue weighted by Gasteiger charge is 2.24. The molecule has 25 heavy (non-hydrogen) atoms. The van der Waals surface area contributed by atoms with E-state index in [4.69, 9.17) is 4.74 Å². The highest BCUT2D eigenvalue weighted by atomic mass is 19.1. The number of hydrogen-bond donors (Lipinski definition) is 0. The first-order valence-corrected chi connectivity index (χ1v) is 8.43. The van der Waals surface area contributed by atoms with Crippen LogP contribution in [0.2, 0.25) is 0 Å². The highest BCUT2D eigenvalue weighted by Crippen LogP contribution is 2.19. The Balaban J connectivity index is 1.53. The molecule has 0 spiro atoms. The Kier molecular flexibility index (Phi) is 5.48. The van der Waals surface area contributed by atoms with Gasteiger partial charge in [-0.15, -0.1) is 0 Å². The van der Waals surface area contributed by atoms with E-state index in [1.807, 2.05) is 0 Å². The van der Waals surface area contributed by atoms with Crippen molar-refractivity contribution >= 4 is 5.91 Å². The Morgan fingerprint density at radius 1 is 1.20 bits per heavy atom. The molecule has 1 aliphatic heterocycles. The van der Waals surface area contributed by atoms with Crippen molar-refractivity contribution in [2.24, 2.45) is 5.92 Å². The fourth-order valence-electron chi connectivity index (χ4n) is 3.01. The topological polar surface area (TPSA) is 51.5 Å². The van der Waals surface area contributed by atoms with E-state index in [9.17, 15) is 14.0 Å². The Hall–Kier alpha value is -2.63. The zero-order valence-electron chi connectivity index (χ0n) is 13.9. The molecule has 1 aromatic carbocycles. The van der Waals surface area contributed by atoms with Gasteiger partial charge in [-0.25, -0.2) is 4.39 Å². The average molecular weight is 344 g/mol. The normalized spacial score (nSPS) is 17.3. The van der Waals surface area contributed by atoms with E-state index in [1.165, 1.54) is 22.8 Å². The average Bonchev–Trinajstić information content (AvgIpc) is 2.63. The van der Waals surface area contributed by atoms with Crippen molar-refractivity contribution in [3.63, 3.8) is 0 Å². The summed E-state index contributed by atoms with van der Waals surface area (Å²) in [6.45, 7) is 1.86. The second-order valence-electron chi connectivity index (χ2n) is 6.28. The monoisotopic (exact) mass is 344 g/mol. The van der Waals surface area contributed by atoms with E-state index in [1.54, 1.807) is 35.4 Å². The molecule has 2 heterocycles. The summed E-state index contributed by atoms with van der Waals surface area (Å²) in [6.07, 6.45) is 3.52. The highest BCUT2D eigenvalue weighted by molar-refractivity contribution is 5.76. The molecule has 3 rings (SSSR count). The third-order valence-electron chi connectivity index (χ3n) is 4.38. The van der Waals surface area contributed by atoms with Crippen LogP contribution in [0.5, 0.6) is 5.75 Å². The maximum atomic E-state index is 12.9. The van der Waals surface area contributed by atoms with Crippen LogP contribution in [0.25, 0.3) is 0 Å². The quantitative estimate of drug-likeness (QED) is 0.836. The summed E-state index contributed by atoms with van der Waals surface area (Å²) in [7, 11) is 0. The predicted molar refractivity (Wildman–Crippen MR) is 91.9 cm³/mol. The molecule has 2 aromatic rings. The minimum Gasteiger partial charge on any atom is -0.493 e. The van der Waals surface area contributed by atoms with Crippen LogP contribution >= 0.6 is 0 Å². The zero-order chi connectivity index (χ0) is 17.6. The van der Waals surface area contributed by atoms with Crippen molar-refractivity contribution in [1.82, 2.24) is 9.47 Å². The largest absolute Gasteiger partial charge is 0.493 e. The van der Waals surface area contributed by atoms with Gasteiger partial charge in [-0.2, -0.15) is 0 Å². The number of ether oxygens (including phenoxy) is 1. The van der Waals surface area contributed by atoms with Crippen LogP contribution in [0, 0.1) is 11.7 Å². The molecule has 132 valence electrons. The minimum atomic E-state index is -0.294. The summed E-state index contributed by atoms with van der Waals surface area (Å²) in [4.78, 5) is 26.0. The number of nitrogens with zero attached hydrogens (tertiary/aromatic N) is 2. The van der Waals surface area contributed by atoms with E-state index in [0.29, 0.717) is 25.4 Å². The van der Waals surface area contributed by atoms with Gasteiger partial charge in [0.15, 0.2) is 0 Å².